The van der Waals surface area contributed by atoms with E-state index in [0.717, 1.165) is 0 Å². The van der Waals surface area contributed by atoms with Gasteiger partial charge in [-0.2, -0.15) is 0 Å². The van der Waals surface area contributed by atoms with E-state index in [1.165, 1.54) is 0 Å². The summed E-state index contributed by atoms with van der Waals surface area (Å²) in [5.41, 5.74) is 0. The van der Waals surface area contributed by atoms with E-state index in [4.69, 9.17) is 0 Å². The summed E-state index contributed by atoms with van der Waals surface area (Å²) in [5.74, 6) is 0. The fourth-order valence-electron chi connectivity index (χ4n) is 0. The van der Waals surface area contributed by atoms with Gasteiger partial charge in [-0.05, 0) is 0 Å². The fourth-order valence-corrected chi connectivity index (χ4v) is 0. The quantitative estimate of drug-likeness (QED) is 0.397. The van der Waals surface area contributed by atoms with E-state index in [0.29, 0.717) is 0 Å². The molecule has 0 spiro atoms. The smallest absolute Gasteiger partial charge is 1.00 e. The zero-order valence-corrected chi connectivity index (χ0v) is 9.70. The maximum Gasteiger partial charge on any atom is 4.00 e. The van der Waals surface area contributed by atoms with Crippen LogP contribution in [0.4, 0.5) is 0 Å². The summed E-state index contributed by atoms with van der Waals surface area (Å²) in [6, 6.07) is 0. The average molecular weight is 371 g/mol. The molecule has 0 saturated carbocycles. The Morgan fingerprint density at radius 1 is 0.400 bits per heavy atom. The van der Waals surface area contributed by atoms with Crippen molar-refractivity contribution in [2.45, 2.75) is 0 Å². The van der Waals surface area contributed by atoms with Gasteiger partial charge in [0.05, 0.1) is 0 Å². The molecule has 0 aromatic carbocycles. The molecule has 0 fully saturated rings. The van der Waals surface area contributed by atoms with Crippen LogP contribution in [0.5, 0.6) is 0 Å². The van der Waals surface area contributed by atoms with Crippen LogP contribution in [0.1, 0.15) is 0 Å². The molecule has 0 unspecified atom stereocenters. The second-order valence-corrected chi connectivity index (χ2v) is 0. The molecule has 5 heteroatoms. The first-order valence-corrected chi connectivity index (χ1v) is 0. The maximum atomic E-state index is 0. The van der Waals surface area contributed by atoms with Gasteiger partial charge < -0.3 is 67.9 Å². The number of halogens is 4. The minimum Gasteiger partial charge on any atom is -1.00 e. The van der Waals surface area contributed by atoms with Crippen LogP contribution in [0, 0.1) is 0 Å². The predicted octanol–water partition coefficient (Wildman–Crippen LogP) is -12.0. The van der Waals surface area contributed by atoms with Gasteiger partial charge in [-0.3, -0.25) is 0 Å². The van der Waals surface area contributed by atoms with E-state index in [2.05, 4.69) is 0 Å². The molecule has 0 amide bonds. The zero-order chi connectivity index (χ0) is 0. The molecule has 0 nitrogen and oxygen atoms in total. The Hall–Kier alpha value is 2.50. The van der Waals surface area contributed by atoms with Crippen molar-refractivity contribution in [3.63, 3.8) is 0 Å². The fraction of sp³-hybridized carbons (Fsp3) is 0. The van der Waals surface area contributed by atoms with Crippen molar-refractivity contribution in [1.29, 1.82) is 0 Å². The third-order valence-corrected chi connectivity index (χ3v) is 0. The van der Waals surface area contributed by atoms with Crippen molar-refractivity contribution in [2.24, 2.45) is 0 Å². The zero-order valence-electron chi connectivity index (χ0n) is 1.96. The third kappa shape index (κ3) is 21.0. The van der Waals surface area contributed by atoms with Crippen LogP contribution in [0.2, 0.25) is 0 Å². The Labute approximate surface area is 85.4 Å². The normalized spacial score (nSPS) is 0. The molecule has 0 saturated heterocycles. The molecule has 0 aliphatic heterocycles. The van der Waals surface area contributed by atoms with Gasteiger partial charge in [-0.15, -0.1) is 0 Å². The first kappa shape index (κ1) is 50.6. The van der Waals surface area contributed by atoms with Crippen molar-refractivity contribution >= 4 is 0 Å². The van der Waals surface area contributed by atoms with Gasteiger partial charge >= 0.3 is 18.6 Å². The number of hydrogen-bond acceptors (Lipinski definition) is 0. The summed E-state index contributed by atoms with van der Waals surface area (Å²) >= 11 is 0. The van der Waals surface area contributed by atoms with Crippen LogP contribution in [0.25, 0.3) is 0 Å². The molecular weight excluding hydrogens is 371 g/mol. The van der Waals surface area contributed by atoms with E-state index >= 15 is 0 Å². The first-order valence-electron chi connectivity index (χ1n) is 0. The largest absolute Gasteiger partial charge is 4.00 e. The monoisotopic (exact) mass is 367 g/mol. The number of rotatable bonds is 0. The Balaban J connectivity index is 0. The molecule has 0 atom stereocenters. The summed E-state index contributed by atoms with van der Waals surface area (Å²) in [6.45, 7) is 0. The summed E-state index contributed by atoms with van der Waals surface area (Å²) in [6.07, 6.45) is 0. The average Bonchev–Trinajstić information content (AvgIpc) is 0. The van der Waals surface area contributed by atoms with Gasteiger partial charge in [0, 0.05) is 0 Å². The van der Waals surface area contributed by atoms with Gasteiger partial charge in [-0.25, -0.2) is 0 Å². The van der Waals surface area contributed by atoms with Crippen molar-refractivity contribution in [3.8, 4) is 0 Å². The molecule has 33 valence electrons. The van der Waals surface area contributed by atoms with Crippen LogP contribution in [0.3, 0.4) is 0 Å². The number of hydrogen-bond donors (Lipinski definition) is 0. The Morgan fingerprint density at radius 2 is 0.400 bits per heavy atom. The topological polar surface area (TPSA) is 0 Å². The van der Waals surface area contributed by atoms with Crippen molar-refractivity contribution in [3.05, 3.63) is 0 Å². The van der Waals surface area contributed by atoms with Gasteiger partial charge in [-0.1, -0.05) is 0 Å². The Morgan fingerprint density at radius 3 is 0.400 bits per heavy atom. The SMILES string of the molecule is [Br-].[Br-].[Br-].[Br-].[V+4]. The molecule has 0 aromatic rings. The second-order valence-electron chi connectivity index (χ2n) is 0. The van der Waals surface area contributed by atoms with E-state index < -0.39 is 0 Å². The second kappa shape index (κ2) is 31.4. The summed E-state index contributed by atoms with van der Waals surface area (Å²) in [5, 5.41) is 0. The first-order chi connectivity index (χ1) is 0. The van der Waals surface area contributed by atoms with Gasteiger partial charge in [0.1, 0.15) is 0 Å². The van der Waals surface area contributed by atoms with Crippen LogP contribution in [0.15, 0.2) is 0 Å². The molecular formula is Br4V. The molecule has 0 rings (SSSR count). The molecule has 0 aliphatic carbocycles. The van der Waals surface area contributed by atoms with Gasteiger partial charge in [0.25, 0.3) is 0 Å². The minimum absolute atomic E-state index is 0. The van der Waals surface area contributed by atoms with Crippen molar-refractivity contribution < 1.29 is 86.5 Å². The van der Waals surface area contributed by atoms with Gasteiger partial charge in [0.2, 0.25) is 0 Å². The molecule has 0 bridgehead atoms. The van der Waals surface area contributed by atoms with E-state index in [9.17, 15) is 0 Å². The standard InChI is InChI=1S/4BrH.V/h4*1H;/q;;;;+4/p-4. The maximum absolute atomic E-state index is 0. The van der Waals surface area contributed by atoms with Crippen molar-refractivity contribution in [2.75, 3.05) is 0 Å². The van der Waals surface area contributed by atoms with Crippen LogP contribution in [-0.2, 0) is 18.6 Å². The summed E-state index contributed by atoms with van der Waals surface area (Å²) in [4.78, 5) is 0. The van der Waals surface area contributed by atoms with E-state index in [-0.39, 0.29) is 86.5 Å². The van der Waals surface area contributed by atoms with Crippen LogP contribution in [-0.4, -0.2) is 0 Å². The minimum atomic E-state index is 0. The molecule has 0 heterocycles. The van der Waals surface area contributed by atoms with E-state index in [1.807, 2.05) is 0 Å². The predicted molar refractivity (Wildman–Crippen MR) is 0 cm³/mol. The molecule has 0 N–H and O–H groups in total. The summed E-state index contributed by atoms with van der Waals surface area (Å²) < 4.78 is 0. The van der Waals surface area contributed by atoms with E-state index in [1.54, 1.807) is 0 Å². The Bertz CT molecular complexity index is 3.61. The van der Waals surface area contributed by atoms with Crippen LogP contribution >= 0.6 is 0 Å². The molecule has 5 heavy (non-hydrogen) atoms. The Kier molecular flexibility index (Phi) is 318. The summed E-state index contributed by atoms with van der Waals surface area (Å²) in [7, 11) is 0. The molecule has 0 aliphatic rings. The molecule has 0 aromatic heterocycles. The third-order valence-electron chi connectivity index (χ3n) is 0. The van der Waals surface area contributed by atoms with Crippen molar-refractivity contribution in [1.82, 2.24) is 0 Å². The molecule has 1 radical (unpaired) electrons. The van der Waals surface area contributed by atoms with Crippen LogP contribution < -0.4 is 67.9 Å². The van der Waals surface area contributed by atoms with Gasteiger partial charge in [0.15, 0.2) is 0 Å².